The van der Waals surface area contributed by atoms with Gasteiger partial charge in [-0.15, -0.1) is 0 Å². The van der Waals surface area contributed by atoms with Crippen molar-refractivity contribution < 1.29 is 0 Å². The maximum atomic E-state index is 10.2. The standard InChI is InChI=1S/C34H16N8/c1-37-30-14-26-24(13-27(30)34-40-18-20-8-4-6-10-29(20)42-34)23-12-22(33-39-17-19-7-3-5-9-28(19)41-33)21(15-35)11-25(23)32(26)31(16-36)38-2/h3-14,17-18,31-32H. The number of benzene rings is 4. The molecule has 0 aliphatic heterocycles. The highest BCUT2D eigenvalue weighted by Crippen LogP contribution is 2.52. The molecule has 8 heteroatoms. The molecule has 0 N–H and O–H groups in total. The van der Waals surface area contributed by atoms with Gasteiger partial charge in [0.2, 0.25) is 0 Å². The number of nitrogens with zero attached hydrogens (tertiary/aromatic N) is 8. The van der Waals surface area contributed by atoms with Gasteiger partial charge in [-0.25, -0.2) is 31.4 Å². The van der Waals surface area contributed by atoms with Crippen molar-refractivity contribution in [2.24, 2.45) is 0 Å². The van der Waals surface area contributed by atoms with Crippen LogP contribution < -0.4 is 0 Å². The van der Waals surface area contributed by atoms with Gasteiger partial charge in [-0.05, 0) is 46.5 Å². The van der Waals surface area contributed by atoms with Crippen LogP contribution in [0.3, 0.4) is 0 Å². The Balaban J connectivity index is 1.49. The summed E-state index contributed by atoms with van der Waals surface area (Å²) >= 11 is 0. The first-order valence-electron chi connectivity index (χ1n) is 13.0. The lowest BCUT2D eigenvalue weighted by Crippen LogP contribution is -2.12. The summed E-state index contributed by atoms with van der Waals surface area (Å²) in [6, 6.07) is 25.8. The van der Waals surface area contributed by atoms with E-state index in [0.29, 0.717) is 45.2 Å². The van der Waals surface area contributed by atoms with E-state index < -0.39 is 12.0 Å². The Hall–Kier alpha value is -6.48. The van der Waals surface area contributed by atoms with Gasteiger partial charge in [-0.3, -0.25) is 4.85 Å². The highest BCUT2D eigenvalue weighted by Gasteiger charge is 2.40. The molecule has 2 aromatic heterocycles. The van der Waals surface area contributed by atoms with Crippen LogP contribution in [-0.4, -0.2) is 26.0 Å². The van der Waals surface area contributed by atoms with Gasteiger partial charge >= 0.3 is 6.04 Å². The molecule has 2 atom stereocenters. The molecule has 6 aromatic rings. The Morgan fingerprint density at radius 3 is 1.86 bits per heavy atom. The highest BCUT2D eigenvalue weighted by atomic mass is 14.9. The van der Waals surface area contributed by atoms with E-state index in [0.717, 1.165) is 32.9 Å². The Kier molecular flexibility index (Phi) is 5.62. The first kappa shape index (κ1) is 24.6. The molecule has 0 saturated heterocycles. The summed E-state index contributed by atoms with van der Waals surface area (Å²) in [5.41, 5.74) is 6.13. The summed E-state index contributed by atoms with van der Waals surface area (Å²) < 4.78 is 0. The molecule has 7 rings (SSSR count). The molecule has 1 aliphatic carbocycles. The van der Waals surface area contributed by atoms with Crippen LogP contribution in [0.2, 0.25) is 0 Å². The van der Waals surface area contributed by atoms with E-state index in [2.05, 4.69) is 31.8 Å². The van der Waals surface area contributed by atoms with Gasteiger partial charge in [-0.1, -0.05) is 48.5 Å². The second kappa shape index (κ2) is 9.61. The predicted octanol–water partition coefficient (Wildman–Crippen LogP) is 7.25. The third-order valence-corrected chi connectivity index (χ3v) is 7.61. The van der Waals surface area contributed by atoms with Crippen molar-refractivity contribution in [2.45, 2.75) is 12.0 Å². The Labute approximate surface area is 240 Å². The fourth-order valence-corrected chi connectivity index (χ4v) is 5.64. The van der Waals surface area contributed by atoms with Crippen molar-refractivity contribution in [1.29, 1.82) is 10.5 Å². The fraction of sp³-hybridized carbons (Fsp3) is 0.0588. The third kappa shape index (κ3) is 3.73. The molecule has 2 heterocycles. The summed E-state index contributed by atoms with van der Waals surface area (Å²) in [6.45, 7) is 15.7. The van der Waals surface area contributed by atoms with Gasteiger partial charge in [0, 0.05) is 34.3 Å². The number of aromatic nitrogens is 4. The number of rotatable bonds is 3. The number of nitriles is 2. The van der Waals surface area contributed by atoms with Crippen LogP contribution in [0.5, 0.6) is 0 Å². The lowest BCUT2D eigenvalue weighted by atomic mass is 9.88. The van der Waals surface area contributed by atoms with E-state index in [1.54, 1.807) is 24.5 Å². The zero-order chi connectivity index (χ0) is 28.8. The van der Waals surface area contributed by atoms with Gasteiger partial charge in [0.1, 0.15) is 5.82 Å². The fourth-order valence-electron chi connectivity index (χ4n) is 5.64. The van der Waals surface area contributed by atoms with Crippen molar-refractivity contribution in [3.05, 3.63) is 125 Å². The minimum absolute atomic E-state index is 0.321. The van der Waals surface area contributed by atoms with E-state index >= 15 is 0 Å². The minimum Gasteiger partial charge on any atom is -0.296 e. The Morgan fingerprint density at radius 1 is 0.714 bits per heavy atom. The number of para-hydroxylation sites is 2. The van der Waals surface area contributed by atoms with Gasteiger partial charge in [-0.2, -0.15) is 10.5 Å². The van der Waals surface area contributed by atoms with Crippen molar-refractivity contribution in [1.82, 2.24) is 19.9 Å². The lowest BCUT2D eigenvalue weighted by Gasteiger charge is -2.13. The second-order valence-corrected chi connectivity index (χ2v) is 9.85. The third-order valence-electron chi connectivity index (χ3n) is 7.61. The molecular formula is C34H16N8. The normalized spacial score (nSPS) is 13.8. The van der Waals surface area contributed by atoms with Crippen LogP contribution in [0.1, 0.15) is 22.6 Å². The average molecular weight is 537 g/mol. The molecule has 0 bridgehead atoms. The molecule has 0 fully saturated rings. The number of hydrogen-bond donors (Lipinski definition) is 0. The molecule has 0 amide bonds. The van der Waals surface area contributed by atoms with E-state index in [1.807, 2.05) is 60.7 Å². The van der Waals surface area contributed by atoms with Crippen LogP contribution in [0, 0.1) is 35.8 Å². The highest BCUT2D eigenvalue weighted by molar-refractivity contribution is 5.92. The van der Waals surface area contributed by atoms with Gasteiger partial charge in [0.05, 0.1) is 35.2 Å². The lowest BCUT2D eigenvalue weighted by molar-refractivity contribution is 0.808. The second-order valence-electron chi connectivity index (χ2n) is 9.85. The molecular weight excluding hydrogens is 520 g/mol. The first-order valence-corrected chi connectivity index (χ1v) is 13.0. The van der Waals surface area contributed by atoms with E-state index in [4.69, 9.17) is 23.1 Å². The zero-order valence-corrected chi connectivity index (χ0v) is 21.8. The molecule has 8 nitrogen and oxygen atoms in total. The summed E-state index contributed by atoms with van der Waals surface area (Å²) in [6.07, 6.45) is 3.46. The quantitative estimate of drug-likeness (QED) is 0.220. The molecule has 4 aromatic carbocycles. The molecule has 0 saturated carbocycles. The molecule has 0 spiro atoms. The zero-order valence-electron chi connectivity index (χ0n) is 21.8. The maximum absolute atomic E-state index is 10.2. The van der Waals surface area contributed by atoms with Gasteiger partial charge in [0.15, 0.2) is 17.6 Å². The van der Waals surface area contributed by atoms with Gasteiger partial charge in [0.25, 0.3) is 0 Å². The Morgan fingerprint density at radius 2 is 1.29 bits per heavy atom. The van der Waals surface area contributed by atoms with E-state index in [-0.39, 0.29) is 0 Å². The van der Waals surface area contributed by atoms with Crippen molar-refractivity contribution in [3.63, 3.8) is 0 Å². The van der Waals surface area contributed by atoms with E-state index in [1.165, 1.54) is 0 Å². The number of hydrogen-bond acceptors (Lipinski definition) is 6. The summed E-state index contributed by atoms with van der Waals surface area (Å²) in [4.78, 5) is 25.9. The van der Waals surface area contributed by atoms with Crippen LogP contribution >= 0.6 is 0 Å². The van der Waals surface area contributed by atoms with Crippen LogP contribution in [-0.2, 0) is 0 Å². The van der Waals surface area contributed by atoms with Crippen LogP contribution in [0.4, 0.5) is 5.69 Å². The summed E-state index contributed by atoms with van der Waals surface area (Å²) in [5, 5.41) is 21.8. The summed E-state index contributed by atoms with van der Waals surface area (Å²) in [7, 11) is 0. The molecule has 0 radical (unpaired) electrons. The van der Waals surface area contributed by atoms with Crippen molar-refractivity contribution >= 4 is 27.5 Å². The maximum Gasteiger partial charge on any atom is 0.317 e. The smallest absolute Gasteiger partial charge is 0.296 e. The summed E-state index contributed by atoms with van der Waals surface area (Å²) in [5.74, 6) is 0.167. The SMILES string of the molecule is [C-]#[N+]c1cc2c(cc1-c1ncc3ccccc3n1)-c1cc(-c3ncc4ccccc4n3)c(C#N)cc1C2C(C#N)[N+]#[C-]. The molecule has 2 unspecified atom stereocenters. The monoisotopic (exact) mass is 536 g/mol. The molecule has 1 aliphatic rings. The van der Waals surface area contributed by atoms with Gasteiger partial charge < -0.3 is 0 Å². The molecule has 192 valence electrons. The van der Waals surface area contributed by atoms with Crippen LogP contribution in [0.25, 0.3) is 65.4 Å². The largest absolute Gasteiger partial charge is 0.317 e. The van der Waals surface area contributed by atoms with Crippen molar-refractivity contribution in [2.75, 3.05) is 0 Å². The van der Waals surface area contributed by atoms with Crippen molar-refractivity contribution in [3.8, 4) is 46.0 Å². The van der Waals surface area contributed by atoms with E-state index in [9.17, 15) is 10.5 Å². The number of fused-ring (bicyclic) bond motifs is 5. The molecule has 42 heavy (non-hydrogen) atoms. The Bertz CT molecular complexity index is 2120. The average Bonchev–Trinajstić information content (AvgIpc) is 3.35. The van der Waals surface area contributed by atoms with Crippen LogP contribution in [0.15, 0.2) is 85.2 Å². The predicted molar refractivity (Wildman–Crippen MR) is 158 cm³/mol. The minimum atomic E-state index is -1.04. The first-order chi connectivity index (χ1) is 20.6. The topological polar surface area (TPSA) is 108 Å².